The number of nitrogens with one attached hydrogen (secondary N) is 2. The third kappa shape index (κ3) is 4.58. The first kappa shape index (κ1) is 17.1. The highest BCUT2D eigenvalue weighted by Gasteiger charge is 2.08. The fourth-order valence-corrected chi connectivity index (χ4v) is 2.61. The van der Waals surface area contributed by atoms with E-state index in [-0.39, 0.29) is 0 Å². The van der Waals surface area contributed by atoms with Crippen molar-refractivity contribution in [2.24, 2.45) is 4.99 Å². The number of aryl methyl sites for hydroxylation is 4. The smallest absolute Gasteiger partial charge is 0.191 e. The summed E-state index contributed by atoms with van der Waals surface area (Å²) in [6.07, 6.45) is 0.866. The van der Waals surface area contributed by atoms with Gasteiger partial charge in [0.25, 0.3) is 0 Å². The molecule has 0 saturated carbocycles. The monoisotopic (exact) mass is 314 g/mol. The normalized spacial score (nSPS) is 11.6. The Balaban J connectivity index is 1.84. The zero-order valence-corrected chi connectivity index (χ0v) is 14.7. The predicted octanol–water partition coefficient (Wildman–Crippen LogP) is 2.82. The number of guanidine groups is 1. The molecule has 0 saturated heterocycles. The SMILES string of the molecule is CN=C(NCCc1c(C)noc1C)NCc1ccc(C)cc1C. The molecule has 0 fully saturated rings. The lowest BCUT2D eigenvalue weighted by molar-refractivity contribution is 0.392. The Morgan fingerprint density at radius 1 is 1.17 bits per heavy atom. The summed E-state index contributed by atoms with van der Waals surface area (Å²) in [4.78, 5) is 4.27. The van der Waals surface area contributed by atoms with Crippen LogP contribution in [0.25, 0.3) is 0 Å². The molecule has 124 valence electrons. The molecule has 1 aromatic heterocycles. The van der Waals surface area contributed by atoms with Crippen LogP contribution in [0.2, 0.25) is 0 Å². The summed E-state index contributed by atoms with van der Waals surface area (Å²) < 4.78 is 5.18. The highest BCUT2D eigenvalue weighted by molar-refractivity contribution is 5.79. The number of nitrogens with zero attached hydrogens (tertiary/aromatic N) is 2. The van der Waals surface area contributed by atoms with Crippen LogP contribution in [0.3, 0.4) is 0 Å². The first-order valence-electron chi connectivity index (χ1n) is 7.93. The molecule has 0 aliphatic carbocycles. The van der Waals surface area contributed by atoms with Gasteiger partial charge in [0, 0.05) is 25.7 Å². The Bertz CT molecular complexity index is 669. The Labute approximate surface area is 138 Å². The van der Waals surface area contributed by atoms with E-state index in [2.05, 4.69) is 52.8 Å². The zero-order valence-electron chi connectivity index (χ0n) is 14.7. The molecule has 0 aliphatic heterocycles. The van der Waals surface area contributed by atoms with Crippen molar-refractivity contribution in [3.05, 3.63) is 51.9 Å². The van der Waals surface area contributed by atoms with Gasteiger partial charge in [0.05, 0.1) is 5.69 Å². The quantitative estimate of drug-likeness (QED) is 0.658. The summed E-state index contributed by atoms with van der Waals surface area (Å²) in [6, 6.07) is 6.50. The third-order valence-corrected chi connectivity index (χ3v) is 4.02. The van der Waals surface area contributed by atoms with Crippen molar-refractivity contribution in [1.29, 1.82) is 0 Å². The third-order valence-electron chi connectivity index (χ3n) is 4.02. The fraction of sp³-hybridized carbons (Fsp3) is 0.444. The number of hydrogen-bond acceptors (Lipinski definition) is 3. The lowest BCUT2D eigenvalue weighted by Crippen LogP contribution is -2.38. The second kappa shape index (κ2) is 7.81. The van der Waals surface area contributed by atoms with Gasteiger partial charge >= 0.3 is 0 Å². The van der Waals surface area contributed by atoms with Crippen molar-refractivity contribution < 1.29 is 4.52 Å². The Morgan fingerprint density at radius 3 is 2.57 bits per heavy atom. The Morgan fingerprint density at radius 2 is 1.96 bits per heavy atom. The van der Waals surface area contributed by atoms with Crippen LogP contribution in [-0.4, -0.2) is 24.7 Å². The maximum atomic E-state index is 5.18. The average molecular weight is 314 g/mol. The number of rotatable bonds is 5. The van der Waals surface area contributed by atoms with E-state index in [0.29, 0.717) is 0 Å². The molecular formula is C18H26N4O. The van der Waals surface area contributed by atoms with Gasteiger partial charge in [-0.2, -0.15) is 0 Å². The van der Waals surface area contributed by atoms with Gasteiger partial charge in [-0.25, -0.2) is 0 Å². The van der Waals surface area contributed by atoms with Crippen LogP contribution < -0.4 is 10.6 Å². The van der Waals surface area contributed by atoms with E-state index >= 15 is 0 Å². The van der Waals surface area contributed by atoms with Gasteiger partial charge < -0.3 is 15.2 Å². The Hall–Kier alpha value is -2.30. The molecule has 0 atom stereocenters. The molecule has 5 nitrogen and oxygen atoms in total. The molecule has 0 spiro atoms. The topological polar surface area (TPSA) is 62.5 Å². The van der Waals surface area contributed by atoms with Gasteiger partial charge in [-0.1, -0.05) is 28.9 Å². The average Bonchev–Trinajstić information content (AvgIpc) is 2.83. The molecule has 0 radical (unpaired) electrons. The molecule has 2 rings (SSSR count). The summed E-state index contributed by atoms with van der Waals surface area (Å²) in [5, 5.41) is 10.7. The zero-order chi connectivity index (χ0) is 16.8. The standard InChI is InChI=1S/C18H26N4O/c1-12-6-7-16(13(2)10-12)11-21-18(19-5)20-9-8-17-14(3)22-23-15(17)4/h6-7,10H,8-9,11H2,1-5H3,(H2,19,20,21). The minimum Gasteiger partial charge on any atom is -0.361 e. The van der Waals surface area contributed by atoms with Crippen LogP contribution in [0.4, 0.5) is 0 Å². The van der Waals surface area contributed by atoms with Gasteiger partial charge in [-0.3, -0.25) is 4.99 Å². The van der Waals surface area contributed by atoms with E-state index in [1.165, 1.54) is 22.3 Å². The molecule has 5 heteroatoms. The summed E-state index contributed by atoms with van der Waals surface area (Å²) in [5.74, 6) is 1.69. The lowest BCUT2D eigenvalue weighted by Gasteiger charge is -2.13. The lowest BCUT2D eigenvalue weighted by atomic mass is 10.1. The van der Waals surface area contributed by atoms with Crippen LogP contribution in [0.5, 0.6) is 0 Å². The van der Waals surface area contributed by atoms with Crippen molar-refractivity contribution in [2.75, 3.05) is 13.6 Å². The summed E-state index contributed by atoms with van der Waals surface area (Å²) in [7, 11) is 1.78. The van der Waals surface area contributed by atoms with E-state index in [4.69, 9.17) is 4.52 Å². The molecule has 0 unspecified atom stereocenters. The number of aromatic nitrogens is 1. The first-order chi connectivity index (χ1) is 11.0. The molecule has 23 heavy (non-hydrogen) atoms. The van der Waals surface area contributed by atoms with Crippen molar-refractivity contribution in [1.82, 2.24) is 15.8 Å². The molecule has 0 amide bonds. The summed E-state index contributed by atoms with van der Waals surface area (Å²) >= 11 is 0. The van der Waals surface area contributed by atoms with Crippen LogP contribution >= 0.6 is 0 Å². The molecular weight excluding hydrogens is 288 g/mol. The molecule has 1 aromatic carbocycles. The molecule has 1 heterocycles. The van der Waals surface area contributed by atoms with Crippen LogP contribution in [0.15, 0.2) is 27.7 Å². The molecule has 0 bridgehead atoms. The van der Waals surface area contributed by atoms with E-state index < -0.39 is 0 Å². The minimum absolute atomic E-state index is 0.761. The van der Waals surface area contributed by atoms with Gasteiger partial charge in [-0.15, -0.1) is 0 Å². The number of aliphatic imine (C=N–C) groups is 1. The van der Waals surface area contributed by atoms with Gasteiger partial charge in [0.2, 0.25) is 0 Å². The fourth-order valence-electron chi connectivity index (χ4n) is 2.61. The Kier molecular flexibility index (Phi) is 5.79. The van der Waals surface area contributed by atoms with Crippen LogP contribution in [0.1, 0.15) is 33.7 Å². The van der Waals surface area contributed by atoms with Gasteiger partial charge in [-0.05, 0) is 45.2 Å². The van der Waals surface area contributed by atoms with Crippen molar-refractivity contribution in [3.8, 4) is 0 Å². The molecule has 2 aromatic rings. The van der Waals surface area contributed by atoms with E-state index in [0.717, 1.165) is 36.9 Å². The van der Waals surface area contributed by atoms with Crippen molar-refractivity contribution in [2.45, 2.75) is 40.7 Å². The minimum atomic E-state index is 0.761. The highest BCUT2D eigenvalue weighted by Crippen LogP contribution is 2.12. The number of hydrogen-bond donors (Lipinski definition) is 2. The van der Waals surface area contributed by atoms with Gasteiger partial charge in [0.1, 0.15) is 5.76 Å². The maximum Gasteiger partial charge on any atom is 0.191 e. The van der Waals surface area contributed by atoms with Crippen LogP contribution in [-0.2, 0) is 13.0 Å². The first-order valence-corrected chi connectivity index (χ1v) is 7.93. The maximum absolute atomic E-state index is 5.18. The van der Waals surface area contributed by atoms with Crippen LogP contribution in [0, 0.1) is 27.7 Å². The van der Waals surface area contributed by atoms with E-state index in [1.54, 1.807) is 7.05 Å². The second-order valence-corrected chi connectivity index (χ2v) is 5.84. The van der Waals surface area contributed by atoms with Crippen molar-refractivity contribution in [3.63, 3.8) is 0 Å². The largest absolute Gasteiger partial charge is 0.361 e. The highest BCUT2D eigenvalue weighted by atomic mass is 16.5. The van der Waals surface area contributed by atoms with E-state index in [1.807, 2.05) is 13.8 Å². The van der Waals surface area contributed by atoms with E-state index in [9.17, 15) is 0 Å². The number of benzene rings is 1. The second-order valence-electron chi connectivity index (χ2n) is 5.84. The summed E-state index contributed by atoms with van der Waals surface area (Å²) in [5.41, 5.74) is 5.99. The predicted molar refractivity (Wildman–Crippen MR) is 93.8 cm³/mol. The van der Waals surface area contributed by atoms with Gasteiger partial charge in [0.15, 0.2) is 5.96 Å². The van der Waals surface area contributed by atoms with Crippen molar-refractivity contribution >= 4 is 5.96 Å². The molecule has 0 aliphatic rings. The summed E-state index contributed by atoms with van der Waals surface area (Å²) in [6.45, 7) is 9.71. The molecule has 2 N–H and O–H groups in total.